The van der Waals surface area contributed by atoms with E-state index in [9.17, 15) is 4.79 Å². The number of carbonyl (C=O) groups is 1. The van der Waals surface area contributed by atoms with Crippen LogP contribution in [0.1, 0.15) is 32.1 Å². The number of hydrogen-bond acceptors (Lipinski definition) is 2. The molecule has 1 aliphatic heterocycles. The molecule has 0 unspecified atom stereocenters. The molecule has 1 fully saturated rings. The average molecular weight is 317 g/mol. The molecule has 5 heteroatoms. The van der Waals surface area contributed by atoms with Crippen LogP contribution < -0.4 is 5.32 Å². The number of para-hydroxylation sites is 1. The Morgan fingerprint density at radius 3 is 2.45 bits per heavy atom. The van der Waals surface area contributed by atoms with Crippen LogP contribution >= 0.6 is 24.0 Å². The first-order valence-electron chi connectivity index (χ1n) is 7.02. The molecule has 0 radical (unpaired) electrons. The summed E-state index contributed by atoms with van der Waals surface area (Å²) in [6, 6.07) is 7.34. The number of likely N-dealkylation sites (tertiary alicyclic amines) is 1. The third-order valence-electron chi connectivity index (χ3n) is 3.50. The van der Waals surface area contributed by atoms with Crippen LogP contribution in [-0.2, 0) is 4.79 Å². The van der Waals surface area contributed by atoms with Crippen LogP contribution in [0, 0.1) is 0 Å². The zero-order chi connectivity index (χ0) is 13.5. The summed E-state index contributed by atoms with van der Waals surface area (Å²) in [6.45, 7) is 3.09. The zero-order valence-electron chi connectivity index (χ0n) is 11.6. The average Bonchev–Trinajstić information content (AvgIpc) is 2.68. The lowest BCUT2D eigenvalue weighted by Crippen LogP contribution is -2.28. The van der Waals surface area contributed by atoms with Crippen LogP contribution in [0.15, 0.2) is 24.3 Å². The largest absolute Gasteiger partial charge is 0.325 e. The maximum absolute atomic E-state index is 11.9. The Hall–Kier alpha value is -0.770. The second kappa shape index (κ2) is 9.22. The summed E-state index contributed by atoms with van der Waals surface area (Å²) < 4.78 is 0. The Morgan fingerprint density at radius 2 is 1.80 bits per heavy atom. The first-order chi connectivity index (χ1) is 9.25. The van der Waals surface area contributed by atoms with Gasteiger partial charge in [0, 0.05) is 13.0 Å². The van der Waals surface area contributed by atoms with E-state index in [1.54, 1.807) is 6.07 Å². The molecule has 3 nitrogen and oxygen atoms in total. The van der Waals surface area contributed by atoms with Gasteiger partial charge in [0.15, 0.2) is 0 Å². The number of benzene rings is 1. The topological polar surface area (TPSA) is 32.3 Å². The third kappa shape index (κ3) is 5.70. The molecular weight excluding hydrogens is 295 g/mol. The fourth-order valence-corrected chi connectivity index (χ4v) is 2.58. The number of nitrogens with one attached hydrogen (secondary N) is 1. The van der Waals surface area contributed by atoms with Gasteiger partial charge in [-0.2, -0.15) is 0 Å². The first-order valence-corrected chi connectivity index (χ1v) is 7.40. The molecule has 1 heterocycles. The van der Waals surface area contributed by atoms with Crippen LogP contribution in [0.4, 0.5) is 5.69 Å². The second-order valence-electron chi connectivity index (χ2n) is 5.03. The standard InChI is InChI=1S/C15H21ClN2O.ClH/c16-13-7-3-4-8-14(13)17-15(19)9-12-18-10-5-1-2-6-11-18;/h3-4,7-8H,1-2,5-6,9-12H2,(H,17,19);1H. The lowest BCUT2D eigenvalue weighted by atomic mass is 10.2. The molecule has 112 valence electrons. The smallest absolute Gasteiger partial charge is 0.225 e. The number of halogens is 2. The maximum Gasteiger partial charge on any atom is 0.225 e. The Labute approximate surface area is 132 Å². The lowest BCUT2D eigenvalue weighted by molar-refractivity contribution is -0.116. The van der Waals surface area contributed by atoms with Gasteiger partial charge in [0.1, 0.15) is 0 Å². The molecule has 2 rings (SSSR count). The molecule has 1 aliphatic rings. The number of nitrogens with zero attached hydrogens (tertiary/aromatic N) is 1. The van der Waals surface area contributed by atoms with Crippen LogP contribution in [0.2, 0.25) is 5.02 Å². The summed E-state index contributed by atoms with van der Waals surface area (Å²) in [7, 11) is 0. The van der Waals surface area contributed by atoms with Crippen LogP contribution in [0.5, 0.6) is 0 Å². The van der Waals surface area contributed by atoms with Crippen LogP contribution in [0.25, 0.3) is 0 Å². The second-order valence-corrected chi connectivity index (χ2v) is 5.44. The van der Waals surface area contributed by atoms with Crippen molar-refractivity contribution in [1.29, 1.82) is 0 Å². The number of rotatable bonds is 4. The molecule has 1 amide bonds. The quantitative estimate of drug-likeness (QED) is 0.911. The highest BCUT2D eigenvalue weighted by Crippen LogP contribution is 2.20. The van der Waals surface area contributed by atoms with Crippen molar-refractivity contribution in [2.24, 2.45) is 0 Å². The molecule has 0 spiro atoms. The SMILES string of the molecule is Cl.O=C(CCN1CCCCCC1)Nc1ccccc1Cl. The van der Waals surface area contributed by atoms with Crippen molar-refractivity contribution in [2.45, 2.75) is 32.1 Å². The van der Waals surface area contributed by atoms with E-state index in [-0.39, 0.29) is 18.3 Å². The van der Waals surface area contributed by atoms with E-state index in [0.717, 1.165) is 19.6 Å². The van der Waals surface area contributed by atoms with E-state index in [1.165, 1.54) is 25.7 Å². The summed E-state index contributed by atoms with van der Waals surface area (Å²) in [5.41, 5.74) is 0.699. The van der Waals surface area contributed by atoms with Crippen molar-refractivity contribution in [2.75, 3.05) is 25.0 Å². The molecule has 1 aromatic rings. The summed E-state index contributed by atoms with van der Waals surface area (Å²) in [5.74, 6) is 0.0392. The van der Waals surface area contributed by atoms with Crippen LogP contribution in [-0.4, -0.2) is 30.4 Å². The van der Waals surface area contributed by atoms with Gasteiger partial charge < -0.3 is 10.2 Å². The van der Waals surface area contributed by atoms with Gasteiger partial charge in [0.2, 0.25) is 5.91 Å². The first kappa shape index (κ1) is 17.3. The minimum atomic E-state index is 0. The van der Waals surface area contributed by atoms with Gasteiger partial charge in [-0.1, -0.05) is 36.6 Å². The maximum atomic E-state index is 11.9. The molecule has 0 atom stereocenters. The Kier molecular flexibility index (Phi) is 7.97. The molecule has 1 N–H and O–H groups in total. The van der Waals surface area contributed by atoms with Crippen LogP contribution in [0.3, 0.4) is 0 Å². The Balaban J connectivity index is 0.00000200. The summed E-state index contributed by atoms with van der Waals surface area (Å²) >= 11 is 6.01. The van der Waals surface area contributed by atoms with E-state index in [2.05, 4.69) is 10.2 Å². The minimum absolute atomic E-state index is 0. The van der Waals surface area contributed by atoms with Crippen molar-refractivity contribution >= 4 is 35.6 Å². The predicted octanol–water partition coefficient (Wildman–Crippen LogP) is 3.97. The van der Waals surface area contributed by atoms with Gasteiger partial charge in [-0.05, 0) is 38.1 Å². The van der Waals surface area contributed by atoms with E-state index in [1.807, 2.05) is 18.2 Å². The highest BCUT2D eigenvalue weighted by Gasteiger charge is 2.11. The third-order valence-corrected chi connectivity index (χ3v) is 3.83. The summed E-state index contributed by atoms with van der Waals surface area (Å²) in [6.07, 6.45) is 5.69. The van der Waals surface area contributed by atoms with Crippen molar-refractivity contribution in [3.8, 4) is 0 Å². The van der Waals surface area contributed by atoms with E-state index in [4.69, 9.17) is 11.6 Å². The van der Waals surface area contributed by atoms with E-state index >= 15 is 0 Å². The minimum Gasteiger partial charge on any atom is -0.325 e. The predicted molar refractivity (Wildman–Crippen MR) is 86.9 cm³/mol. The fourth-order valence-electron chi connectivity index (χ4n) is 2.39. The van der Waals surface area contributed by atoms with Crippen molar-refractivity contribution in [3.05, 3.63) is 29.3 Å². The molecule has 1 saturated heterocycles. The van der Waals surface area contributed by atoms with Gasteiger partial charge in [0.05, 0.1) is 10.7 Å². The molecule has 0 bridgehead atoms. The van der Waals surface area contributed by atoms with Gasteiger partial charge in [0.25, 0.3) is 0 Å². The van der Waals surface area contributed by atoms with Gasteiger partial charge in [-0.15, -0.1) is 12.4 Å². The Bertz CT molecular complexity index is 418. The number of carbonyl (C=O) groups excluding carboxylic acids is 1. The molecule has 0 saturated carbocycles. The summed E-state index contributed by atoms with van der Waals surface area (Å²) in [5, 5.41) is 3.46. The number of anilines is 1. The molecule has 20 heavy (non-hydrogen) atoms. The van der Waals surface area contributed by atoms with E-state index in [0.29, 0.717) is 17.1 Å². The molecular formula is C15H22Cl2N2O. The normalized spacial score (nSPS) is 16.1. The van der Waals surface area contributed by atoms with Crippen molar-refractivity contribution < 1.29 is 4.79 Å². The Morgan fingerprint density at radius 1 is 1.15 bits per heavy atom. The molecule has 0 aromatic heterocycles. The van der Waals surface area contributed by atoms with Crippen molar-refractivity contribution in [3.63, 3.8) is 0 Å². The highest BCUT2D eigenvalue weighted by molar-refractivity contribution is 6.33. The highest BCUT2D eigenvalue weighted by atomic mass is 35.5. The van der Waals surface area contributed by atoms with Gasteiger partial charge in [-0.3, -0.25) is 4.79 Å². The van der Waals surface area contributed by atoms with Gasteiger partial charge >= 0.3 is 0 Å². The zero-order valence-corrected chi connectivity index (χ0v) is 13.2. The van der Waals surface area contributed by atoms with Crippen molar-refractivity contribution in [1.82, 2.24) is 4.90 Å². The van der Waals surface area contributed by atoms with Gasteiger partial charge in [-0.25, -0.2) is 0 Å². The van der Waals surface area contributed by atoms with E-state index < -0.39 is 0 Å². The molecule has 0 aliphatic carbocycles. The number of hydrogen-bond donors (Lipinski definition) is 1. The monoisotopic (exact) mass is 316 g/mol. The molecule has 1 aromatic carbocycles. The lowest BCUT2D eigenvalue weighted by Gasteiger charge is -2.19. The number of amides is 1. The summed E-state index contributed by atoms with van der Waals surface area (Å²) in [4.78, 5) is 14.3. The fraction of sp³-hybridized carbons (Fsp3) is 0.533.